The van der Waals surface area contributed by atoms with Crippen molar-refractivity contribution in [1.82, 2.24) is 10.3 Å². The highest BCUT2D eigenvalue weighted by molar-refractivity contribution is 7.80. The minimum absolute atomic E-state index is 0.191. The van der Waals surface area contributed by atoms with Crippen molar-refractivity contribution < 1.29 is 13.6 Å². The molecule has 6 nitrogen and oxygen atoms in total. The number of benzene rings is 3. The topological polar surface area (TPSA) is 80.3 Å². The third-order valence-corrected chi connectivity index (χ3v) is 6.51. The molecule has 7 heteroatoms. The Labute approximate surface area is 226 Å². The van der Waals surface area contributed by atoms with E-state index in [0.717, 1.165) is 40.1 Å². The number of nitrogens with zero attached hydrogens (tertiary/aromatic N) is 1. The van der Waals surface area contributed by atoms with Crippen LogP contribution in [0.15, 0.2) is 99.8 Å². The zero-order chi connectivity index (χ0) is 26.5. The van der Waals surface area contributed by atoms with E-state index >= 15 is 0 Å². The molecule has 5 aromatic rings. The van der Waals surface area contributed by atoms with E-state index in [1.54, 1.807) is 6.08 Å². The lowest BCUT2D eigenvalue weighted by molar-refractivity contribution is -0.115. The fraction of sp³-hybridized carbons (Fsp3) is 0.129. The summed E-state index contributed by atoms with van der Waals surface area (Å²) in [5.74, 6) is 1.98. The molecule has 0 fully saturated rings. The summed E-state index contributed by atoms with van der Waals surface area (Å²) >= 11 is 5.29. The lowest BCUT2D eigenvalue weighted by Crippen LogP contribution is -2.32. The van der Waals surface area contributed by atoms with Crippen LogP contribution in [0.2, 0.25) is 0 Å². The number of hydrogen-bond donors (Lipinski definition) is 2. The van der Waals surface area contributed by atoms with Gasteiger partial charge >= 0.3 is 0 Å². The summed E-state index contributed by atoms with van der Waals surface area (Å²) < 4.78 is 11.7. The maximum absolute atomic E-state index is 12.3. The molecule has 0 spiro atoms. The quantitative estimate of drug-likeness (QED) is 0.168. The molecule has 0 aliphatic rings. The third-order valence-electron chi connectivity index (χ3n) is 6.30. The number of nitrogens with one attached hydrogen (secondary N) is 2. The molecule has 0 saturated heterocycles. The molecular weight excluding hydrogens is 494 g/mol. The summed E-state index contributed by atoms with van der Waals surface area (Å²) in [6.45, 7) is 4.38. The molecule has 0 saturated carbocycles. The van der Waals surface area contributed by atoms with Gasteiger partial charge in [-0.25, -0.2) is 4.98 Å². The van der Waals surface area contributed by atoms with E-state index in [0.29, 0.717) is 17.6 Å². The third kappa shape index (κ3) is 5.90. The molecule has 0 bridgehead atoms. The van der Waals surface area contributed by atoms with Crippen LogP contribution in [0.1, 0.15) is 37.5 Å². The fourth-order valence-corrected chi connectivity index (χ4v) is 4.20. The second kappa shape index (κ2) is 11.3. The van der Waals surface area contributed by atoms with Gasteiger partial charge in [-0.05, 0) is 84.7 Å². The fourth-order valence-electron chi connectivity index (χ4n) is 3.98. The number of furan rings is 1. The van der Waals surface area contributed by atoms with Gasteiger partial charge in [0.25, 0.3) is 0 Å². The lowest BCUT2D eigenvalue weighted by atomic mass is 9.98. The molecule has 1 unspecified atom stereocenters. The number of anilines is 1. The maximum Gasteiger partial charge on any atom is 0.250 e. The Bertz CT molecular complexity index is 1600. The normalized spacial score (nSPS) is 12.1. The first-order valence-electron chi connectivity index (χ1n) is 12.4. The van der Waals surface area contributed by atoms with Crippen LogP contribution in [0.4, 0.5) is 5.69 Å². The van der Waals surface area contributed by atoms with Gasteiger partial charge < -0.3 is 14.2 Å². The van der Waals surface area contributed by atoms with Gasteiger partial charge in [0.2, 0.25) is 11.8 Å². The zero-order valence-electron chi connectivity index (χ0n) is 21.1. The lowest BCUT2D eigenvalue weighted by Gasteiger charge is -2.08. The molecule has 3 aromatic carbocycles. The van der Waals surface area contributed by atoms with Crippen LogP contribution in [0.25, 0.3) is 40.0 Å². The molecule has 1 amide bonds. The number of thiocarbonyl (C=S) groups is 1. The maximum atomic E-state index is 12.3. The van der Waals surface area contributed by atoms with Crippen LogP contribution >= 0.6 is 12.2 Å². The minimum atomic E-state index is -0.361. The van der Waals surface area contributed by atoms with Crippen LogP contribution in [0, 0.1) is 0 Å². The molecule has 2 aromatic heterocycles. The Morgan fingerprint density at radius 3 is 2.53 bits per heavy atom. The van der Waals surface area contributed by atoms with E-state index in [1.165, 1.54) is 11.6 Å². The highest BCUT2D eigenvalue weighted by Crippen LogP contribution is 2.28. The van der Waals surface area contributed by atoms with Gasteiger partial charge in [0.05, 0.1) is 0 Å². The number of fused-ring (bicyclic) bond motifs is 1. The number of rotatable bonds is 7. The summed E-state index contributed by atoms with van der Waals surface area (Å²) in [4.78, 5) is 17.0. The van der Waals surface area contributed by atoms with Gasteiger partial charge in [-0.1, -0.05) is 50.2 Å². The van der Waals surface area contributed by atoms with E-state index in [1.807, 2.05) is 72.8 Å². The predicted molar refractivity (Wildman–Crippen MR) is 156 cm³/mol. The molecule has 0 radical (unpaired) electrons. The van der Waals surface area contributed by atoms with Gasteiger partial charge in [0.15, 0.2) is 10.7 Å². The van der Waals surface area contributed by atoms with Gasteiger partial charge in [0, 0.05) is 22.9 Å². The van der Waals surface area contributed by atoms with E-state index in [4.69, 9.17) is 21.1 Å². The SMILES string of the molecule is CCC(C)c1ccc2oc(-c3ccc(NC(=S)NC(=O)/C=C/c4ccc(-c5ccccc5)o4)cc3)nc2c1. The Balaban J connectivity index is 1.17. The molecule has 2 heterocycles. The van der Waals surface area contributed by atoms with E-state index in [-0.39, 0.29) is 11.0 Å². The van der Waals surface area contributed by atoms with E-state index < -0.39 is 0 Å². The molecule has 190 valence electrons. The van der Waals surface area contributed by atoms with E-state index in [9.17, 15) is 4.79 Å². The van der Waals surface area contributed by atoms with Crippen molar-refractivity contribution in [2.45, 2.75) is 26.2 Å². The second-order valence-electron chi connectivity index (χ2n) is 8.98. The summed E-state index contributed by atoms with van der Waals surface area (Å²) in [7, 11) is 0. The molecule has 1 atom stereocenters. The van der Waals surface area contributed by atoms with Crippen molar-refractivity contribution in [3.63, 3.8) is 0 Å². The van der Waals surface area contributed by atoms with E-state index in [2.05, 4.69) is 41.6 Å². The average molecular weight is 522 g/mol. The first-order chi connectivity index (χ1) is 18.5. The molecule has 5 rings (SSSR count). The number of aromatic nitrogens is 1. The Kier molecular flexibility index (Phi) is 7.47. The Morgan fingerprint density at radius 2 is 1.76 bits per heavy atom. The van der Waals surface area contributed by atoms with Crippen molar-refractivity contribution in [1.29, 1.82) is 0 Å². The molecule has 38 heavy (non-hydrogen) atoms. The van der Waals surface area contributed by atoms with Crippen molar-refractivity contribution in [3.05, 3.63) is 102 Å². The highest BCUT2D eigenvalue weighted by atomic mass is 32.1. The van der Waals surface area contributed by atoms with Crippen LogP contribution in [-0.4, -0.2) is 16.0 Å². The van der Waals surface area contributed by atoms with Crippen molar-refractivity contribution in [3.8, 4) is 22.8 Å². The number of oxazole rings is 1. The first-order valence-corrected chi connectivity index (χ1v) is 12.9. The van der Waals surface area contributed by atoms with Crippen molar-refractivity contribution >= 4 is 46.1 Å². The van der Waals surface area contributed by atoms with Crippen LogP contribution in [-0.2, 0) is 4.79 Å². The smallest absolute Gasteiger partial charge is 0.250 e. The largest absolute Gasteiger partial charge is 0.457 e. The minimum Gasteiger partial charge on any atom is -0.457 e. The van der Waals surface area contributed by atoms with Crippen LogP contribution < -0.4 is 10.6 Å². The first kappa shape index (κ1) is 25.2. The molecule has 0 aliphatic heterocycles. The van der Waals surface area contributed by atoms with Gasteiger partial charge in [-0.15, -0.1) is 0 Å². The summed E-state index contributed by atoms with van der Waals surface area (Å²) in [5.41, 5.74) is 5.42. The van der Waals surface area contributed by atoms with Crippen molar-refractivity contribution in [2.24, 2.45) is 0 Å². The average Bonchev–Trinajstić information content (AvgIpc) is 3.59. The predicted octanol–water partition coefficient (Wildman–Crippen LogP) is 7.79. The number of amides is 1. The second-order valence-corrected chi connectivity index (χ2v) is 9.39. The van der Waals surface area contributed by atoms with Gasteiger partial charge in [0.1, 0.15) is 17.0 Å². The number of carbonyl (C=O) groups is 1. The summed E-state index contributed by atoms with van der Waals surface area (Å²) in [6, 6.07) is 27.1. The number of carbonyl (C=O) groups excluding carboxylic acids is 1. The van der Waals surface area contributed by atoms with Crippen molar-refractivity contribution in [2.75, 3.05) is 5.32 Å². The summed E-state index contributed by atoms with van der Waals surface area (Å²) in [5, 5.41) is 5.85. The molecular formula is C31H27N3O3S. The van der Waals surface area contributed by atoms with Crippen LogP contribution in [0.3, 0.4) is 0 Å². The molecule has 2 N–H and O–H groups in total. The monoisotopic (exact) mass is 521 g/mol. The standard InChI is InChI=1S/C31H27N3O3S/c1-3-20(2)23-11-16-28-26(19-23)33-30(37-28)22-9-12-24(13-10-22)32-31(38)34-29(35)18-15-25-14-17-27(36-25)21-7-5-4-6-8-21/h4-20H,3H2,1-2H3,(H2,32,34,35,38)/b18-15+. The van der Waals surface area contributed by atoms with Gasteiger partial charge in [-0.2, -0.15) is 0 Å². The zero-order valence-corrected chi connectivity index (χ0v) is 21.9. The molecule has 0 aliphatic carbocycles. The number of hydrogen-bond acceptors (Lipinski definition) is 5. The summed E-state index contributed by atoms with van der Waals surface area (Å²) in [6.07, 6.45) is 4.05. The Hall–Kier alpha value is -4.49. The van der Waals surface area contributed by atoms with Gasteiger partial charge in [-0.3, -0.25) is 10.1 Å². The Morgan fingerprint density at radius 1 is 0.974 bits per heavy atom. The van der Waals surface area contributed by atoms with Crippen LogP contribution in [0.5, 0.6) is 0 Å². The highest BCUT2D eigenvalue weighted by Gasteiger charge is 2.11.